The van der Waals surface area contributed by atoms with Gasteiger partial charge < -0.3 is 10.6 Å². The smallest absolute Gasteiger partial charge is 0.122 e. The maximum absolute atomic E-state index is 7.44. The third-order valence-corrected chi connectivity index (χ3v) is 2.93. The zero-order valence-electron chi connectivity index (χ0n) is 12.0. The fourth-order valence-corrected chi connectivity index (χ4v) is 1.75. The molecule has 3 N–H and O–H groups in total. The van der Waals surface area contributed by atoms with E-state index in [1.165, 1.54) is 12.0 Å². The number of benzene rings is 1. The average Bonchev–Trinajstić information content (AvgIpc) is 2.26. The maximum Gasteiger partial charge on any atom is 0.122 e. The lowest BCUT2D eigenvalue weighted by Gasteiger charge is -2.23. The molecular formula is C15H25N3. The van der Waals surface area contributed by atoms with Gasteiger partial charge in [-0.25, -0.2) is 0 Å². The van der Waals surface area contributed by atoms with Gasteiger partial charge in [0.2, 0.25) is 0 Å². The maximum atomic E-state index is 7.44. The fraction of sp³-hybridized carbons (Fsp3) is 0.533. The Bertz CT molecular complexity index is 404. The van der Waals surface area contributed by atoms with Crippen LogP contribution >= 0.6 is 0 Å². The van der Waals surface area contributed by atoms with E-state index in [-0.39, 0.29) is 5.84 Å². The molecule has 0 aliphatic carbocycles. The summed E-state index contributed by atoms with van der Waals surface area (Å²) in [6.07, 6.45) is 1.18. The van der Waals surface area contributed by atoms with Crippen LogP contribution < -0.4 is 5.73 Å². The minimum Gasteiger partial charge on any atom is -0.384 e. The Labute approximate surface area is 111 Å². The zero-order chi connectivity index (χ0) is 13.8. The Morgan fingerprint density at radius 2 is 2.00 bits per heavy atom. The molecule has 0 aromatic heterocycles. The van der Waals surface area contributed by atoms with Crippen molar-refractivity contribution in [3.05, 3.63) is 35.4 Å². The molecule has 0 heterocycles. The van der Waals surface area contributed by atoms with Crippen LogP contribution in [0.15, 0.2) is 24.3 Å². The average molecular weight is 247 g/mol. The van der Waals surface area contributed by atoms with Crippen LogP contribution in [-0.4, -0.2) is 24.3 Å². The molecule has 1 aromatic rings. The second-order valence-electron chi connectivity index (χ2n) is 6.16. The van der Waals surface area contributed by atoms with E-state index < -0.39 is 0 Å². The van der Waals surface area contributed by atoms with Crippen molar-refractivity contribution in [2.75, 3.05) is 13.6 Å². The first-order valence-corrected chi connectivity index (χ1v) is 6.40. The lowest BCUT2D eigenvalue weighted by Crippen LogP contribution is -2.23. The molecule has 0 aliphatic heterocycles. The van der Waals surface area contributed by atoms with E-state index in [0.717, 1.165) is 18.7 Å². The van der Waals surface area contributed by atoms with Gasteiger partial charge in [0.1, 0.15) is 5.84 Å². The summed E-state index contributed by atoms with van der Waals surface area (Å²) < 4.78 is 0. The lowest BCUT2D eigenvalue weighted by atomic mass is 9.92. The van der Waals surface area contributed by atoms with Crippen molar-refractivity contribution >= 4 is 5.84 Å². The van der Waals surface area contributed by atoms with Crippen molar-refractivity contribution < 1.29 is 0 Å². The van der Waals surface area contributed by atoms with E-state index in [9.17, 15) is 0 Å². The van der Waals surface area contributed by atoms with Gasteiger partial charge in [0.25, 0.3) is 0 Å². The fourth-order valence-electron chi connectivity index (χ4n) is 1.75. The van der Waals surface area contributed by atoms with Crippen LogP contribution in [-0.2, 0) is 6.54 Å². The minimum atomic E-state index is 0.134. The van der Waals surface area contributed by atoms with Gasteiger partial charge in [0, 0.05) is 12.1 Å². The Morgan fingerprint density at radius 3 is 2.56 bits per heavy atom. The quantitative estimate of drug-likeness (QED) is 0.621. The predicted octanol–water partition coefficient (Wildman–Crippen LogP) is 2.84. The first-order valence-electron chi connectivity index (χ1n) is 6.40. The Hall–Kier alpha value is -1.35. The molecule has 0 aliphatic rings. The lowest BCUT2D eigenvalue weighted by molar-refractivity contribution is 0.259. The summed E-state index contributed by atoms with van der Waals surface area (Å²) in [6.45, 7) is 8.76. The molecule has 0 bridgehead atoms. The topological polar surface area (TPSA) is 53.1 Å². The third-order valence-electron chi connectivity index (χ3n) is 2.93. The molecule has 3 heteroatoms. The van der Waals surface area contributed by atoms with Crippen LogP contribution in [0.5, 0.6) is 0 Å². The third kappa shape index (κ3) is 5.32. The van der Waals surface area contributed by atoms with Gasteiger partial charge in [-0.15, -0.1) is 0 Å². The first kappa shape index (κ1) is 14.7. The molecular weight excluding hydrogens is 222 g/mol. The molecule has 3 nitrogen and oxygen atoms in total. The summed E-state index contributed by atoms with van der Waals surface area (Å²) in [6, 6.07) is 7.92. The number of nitrogen functional groups attached to an aromatic ring is 1. The van der Waals surface area contributed by atoms with Crippen LogP contribution in [0.4, 0.5) is 0 Å². The van der Waals surface area contributed by atoms with Crippen molar-refractivity contribution in [1.29, 1.82) is 5.41 Å². The number of rotatable bonds is 5. The highest BCUT2D eigenvalue weighted by Gasteiger charge is 2.11. The van der Waals surface area contributed by atoms with Gasteiger partial charge in [0.05, 0.1) is 0 Å². The van der Waals surface area contributed by atoms with Crippen molar-refractivity contribution in [3.8, 4) is 0 Å². The number of hydrogen-bond donors (Lipinski definition) is 2. The highest BCUT2D eigenvalue weighted by molar-refractivity contribution is 5.95. The molecule has 100 valence electrons. The van der Waals surface area contributed by atoms with Crippen LogP contribution in [0.1, 0.15) is 38.3 Å². The summed E-state index contributed by atoms with van der Waals surface area (Å²) >= 11 is 0. The molecule has 0 radical (unpaired) electrons. The van der Waals surface area contributed by atoms with Gasteiger partial charge in [0.15, 0.2) is 0 Å². The van der Waals surface area contributed by atoms with E-state index in [1.54, 1.807) is 0 Å². The molecule has 1 aromatic carbocycles. The molecule has 0 saturated heterocycles. The Balaban J connectivity index is 2.56. The Kier molecular flexibility index (Phi) is 4.91. The predicted molar refractivity (Wildman–Crippen MR) is 77.9 cm³/mol. The van der Waals surface area contributed by atoms with Crippen LogP contribution in [0.25, 0.3) is 0 Å². The molecule has 0 atom stereocenters. The summed E-state index contributed by atoms with van der Waals surface area (Å²) in [7, 11) is 2.13. The van der Waals surface area contributed by atoms with E-state index >= 15 is 0 Å². The van der Waals surface area contributed by atoms with Gasteiger partial charge in [-0.3, -0.25) is 5.41 Å². The highest BCUT2D eigenvalue weighted by atomic mass is 15.1. The van der Waals surface area contributed by atoms with Crippen molar-refractivity contribution in [3.63, 3.8) is 0 Å². The normalized spacial score (nSPS) is 11.8. The zero-order valence-corrected chi connectivity index (χ0v) is 12.0. The largest absolute Gasteiger partial charge is 0.384 e. The number of nitrogens with two attached hydrogens (primary N) is 1. The second kappa shape index (κ2) is 6.01. The summed E-state index contributed by atoms with van der Waals surface area (Å²) in [5, 5.41) is 7.44. The molecule has 0 spiro atoms. The molecule has 0 fully saturated rings. The van der Waals surface area contributed by atoms with Crippen LogP contribution in [0, 0.1) is 10.8 Å². The van der Waals surface area contributed by atoms with Crippen LogP contribution in [0.3, 0.4) is 0 Å². The van der Waals surface area contributed by atoms with Crippen LogP contribution in [0.2, 0.25) is 0 Å². The van der Waals surface area contributed by atoms with E-state index in [0.29, 0.717) is 5.41 Å². The SMILES string of the molecule is CN(CCC(C)(C)C)Cc1cccc(C(=N)N)c1. The standard InChI is InChI=1S/C15H25N3/c1-15(2,3)8-9-18(4)11-12-6-5-7-13(10-12)14(16)17/h5-7,10H,8-9,11H2,1-4H3,(H3,16,17). The number of nitrogens with one attached hydrogen (secondary N) is 1. The molecule has 0 unspecified atom stereocenters. The molecule has 18 heavy (non-hydrogen) atoms. The number of nitrogens with zero attached hydrogens (tertiary/aromatic N) is 1. The van der Waals surface area contributed by atoms with Crippen molar-refractivity contribution in [1.82, 2.24) is 4.90 Å². The molecule has 0 saturated carbocycles. The van der Waals surface area contributed by atoms with Crippen molar-refractivity contribution in [2.45, 2.75) is 33.7 Å². The first-order chi connectivity index (χ1) is 8.28. The highest BCUT2D eigenvalue weighted by Crippen LogP contribution is 2.19. The van der Waals surface area contributed by atoms with E-state index in [2.05, 4.69) is 38.8 Å². The monoisotopic (exact) mass is 247 g/mol. The molecule has 1 rings (SSSR count). The Morgan fingerprint density at radius 1 is 1.33 bits per heavy atom. The van der Waals surface area contributed by atoms with Crippen molar-refractivity contribution in [2.24, 2.45) is 11.1 Å². The minimum absolute atomic E-state index is 0.134. The number of hydrogen-bond acceptors (Lipinski definition) is 2. The summed E-state index contributed by atoms with van der Waals surface area (Å²) in [5.74, 6) is 0.134. The summed E-state index contributed by atoms with van der Waals surface area (Å²) in [5.41, 5.74) is 7.88. The summed E-state index contributed by atoms with van der Waals surface area (Å²) in [4.78, 5) is 2.31. The van der Waals surface area contributed by atoms with Gasteiger partial charge in [-0.05, 0) is 37.1 Å². The van der Waals surface area contributed by atoms with Gasteiger partial charge >= 0.3 is 0 Å². The van der Waals surface area contributed by atoms with E-state index in [1.807, 2.05) is 18.2 Å². The number of amidine groups is 1. The second-order valence-corrected chi connectivity index (χ2v) is 6.16. The van der Waals surface area contributed by atoms with Gasteiger partial charge in [-0.1, -0.05) is 39.0 Å². The van der Waals surface area contributed by atoms with Gasteiger partial charge in [-0.2, -0.15) is 0 Å². The molecule has 0 amide bonds. The van der Waals surface area contributed by atoms with E-state index in [4.69, 9.17) is 11.1 Å².